The zero-order valence-electron chi connectivity index (χ0n) is 7.62. The monoisotopic (exact) mass is 179 g/mol. The summed E-state index contributed by atoms with van der Waals surface area (Å²) in [7, 11) is 0. The largest absolute Gasteiger partial charge is 0.445 e. The smallest absolute Gasteiger partial charge is 0.404 e. The lowest BCUT2D eigenvalue weighted by atomic mass is 10.1. The Morgan fingerprint density at radius 1 is 1.31 bits per heavy atom. The van der Waals surface area contributed by atoms with Crippen molar-refractivity contribution in [3.63, 3.8) is 0 Å². The standard InChI is InChI=1S/C10H13NO2/c1-2-8-3-5-9(6-4-8)7-13-10(11)12/h3-6H,2,7H2,1H3,(H2,11,12). The van der Waals surface area contributed by atoms with Crippen LogP contribution in [0.3, 0.4) is 0 Å². The van der Waals surface area contributed by atoms with Crippen LogP contribution in [-0.2, 0) is 17.8 Å². The molecule has 1 amide bonds. The summed E-state index contributed by atoms with van der Waals surface area (Å²) in [5, 5.41) is 0. The second-order valence-electron chi connectivity index (χ2n) is 2.78. The average molecular weight is 179 g/mol. The normalized spacial score (nSPS) is 9.62. The van der Waals surface area contributed by atoms with E-state index in [4.69, 9.17) is 5.73 Å². The van der Waals surface area contributed by atoms with E-state index in [-0.39, 0.29) is 6.61 Å². The van der Waals surface area contributed by atoms with Crippen molar-refractivity contribution in [2.45, 2.75) is 20.0 Å². The minimum absolute atomic E-state index is 0.249. The Labute approximate surface area is 77.5 Å². The van der Waals surface area contributed by atoms with Crippen molar-refractivity contribution in [2.75, 3.05) is 0 Å². The number of carbonyl (C=O) groups is 1. The topological polar surface area (TPSA) is 52.3 Å². The van der Waals surface area contributed by atoms with Crippen molar-refractivity contribution >= 4 is 6.09 Å². The molecule has 0 fully saturated rings. The van der Waals surface area contributed by atoms with Crippen molar-refractivity contribution in [2.24, 2.45) is 5.73 Å². The van der Waals surface area contributed by atoms with Gasteiger partial charge in [0, 0.05) is 0 Å². The van der Waals surface area contributed by atoms with Crippen LogP contribution in [0.15, 0.2) is 24.3 Å². The van der Waals surface area contributed by atoms with E-state index < -0.39 is 6.09 Å². The molecule has 3 nitrogen and oxygen atoms in total. The van der Waals surface area contributed by atoms with Gasteiger partial charge in [0.15, 0.2) is 0 Å². The van der Waals surface area contributed by atoms with Crippen LogP contribution >= 0.6 is 0 Å². The fourth-order valence-corrected chi connectivity index (χ4v) is 1.03. The van der Waals surface area contributed by atoms with Crippen molar-refractivity contribution in [1.29, 1.82) is 0 Å². The van der Waals surface area contributed by atoms with E-state index >= 15 is 0 Å². The van der Waals surface area contributed by atoms with Gasteiger partial charge in [-0.2, -0.15) is 0 Å². The van der Waals surface area contributed by atoms with Crippen molar-refractivity contribution < 1.29 is 9.53 Å². The molecule has 70 valence electrons. The number of amides is 1. The van der Waals surface area contributed by atoms with Gasteiger partial charge < -0.3 is 10.5 Å². The summed E-state index contributed by atoms with van der Waals surface area (Å²) >= 11 is 0. The molecule has 0 saturated carbocycles. The molecule has 0 heterocycles. The molecule has 0 radical (unpaired) electrons. The molecule has 13 heavy (non-hydrogen) atoms. The molecule has 0 atom stereocenters. The first kappa shape index (κ1) is 9.58. The van der Waals surface area contributed by atoms with Crippen LogP contribution in [0.25, 0.3) is 0 Å². The zero-order valence-corrected chi connectivity index (χ0v) is 7.62. The van der Waals surface area contributed by atoms with Gasteiger partial charge in [0.25, 0.3) is 0 Å². The van der Waals surface area contributed by atoms with E-state index in [2.05, 4.69) is 11.7 Å². The van der Waals surface area contributed by atoms with Crippen molar-refractivity contribution in [1.82, 2.24) is 0 Å². The quantitative estimate of drug-likeness (QED) is 0.769. The number of aryl methyl sites for hydroxylation is 1. The fraction of sp³-hybridized carbons (Fsp3) is 0.300. The molecule has 0 bridgehead atoms. The Hall–Kier alpha value is -1.51. The minimum Gasteiger partial charge on any atom is -0.445 e. The van der Waals surface area contributed by atoms with Gasteiger partial charge in [0.2, 0.25) is 0 Å². The summed E-state index contributed by atoms with van der Waals surface area (Å²) in [6, 6.07) is 7.89. The summed E-state index contributed by atoms with van der Waals surface area (Å²) in [4.78, 5) is 10.3. The molecule has 1 aromatic carbocycles. The van der Waals surface area contributed by atoms with E-state index in [1.165, 1.54) is 5.56 Å². The lowest BCUT2D eigenvalue weighted by Gasteiger charge is -2.02. The first-order valence-electron chi connectivity index (χ1n) is 4.22. The molecule has 1 rings (SSSR count). The van der Waals surface area contributed by atoms with Crippen LogP contribution in [0.5, 0.6) is 0 Å². The molecule has 0 aromatic heterocycles. The third kappa shape index (κ3) is 3.15. The number of carbonyl (C=O) groups excluding carboxylic acids is 1. The maximum atomic E-state index is 10.3. The van der Waals surface area contributed by atoms with Crippen LogP contribution in [0.2, 0.25) is 0 Å². The van der Waals surface area contributed by atoms with Crippen LogP contribution in [-0.4, -0.2) is 6.09 Å². The maximum Gasteiger partial charge on any atom is 0.404 e. The first-order chi connectivity index (χ1) is 6.22. The Morgan fingerprint density at radius 2 is 1.85 bits per heavy atom. The second-order valence-corrected chi connectivity index (χ2v) is 2.78. The van der Waals surface area contributed by atoms with Crippen LogP contribution < -0.4 is 5.73 Å². The highest BCUT2D eigenvalue weighted by molar-refractivity contribution is 5.64. The highest BCUT2D eigenvalue weighted by Gasteiger charge is 1.96. The molecule has 0 unspecified atom stereocenters. The van der Waals surface area contributed by atoms with E-state index in [9.17, 15) is 4.79 Å². The second kappa shape index (κ2) is 4.50. The van der Waals surface area contributed by atoms with Gasteiger partial charge in [0.05, 0.1) is 0 Å². The number of rotatable bonds is 3. The van der Waals surface area contributed by atoms with Crippen LogP contribution in [0, 0.1) is 0 Å². The van der Waals surface area contributed by atoms with E-state index in [0.717, 1.165) is 12.0 Å². The molecule has 3 heteroatoms. The number of nitrogens with two attached hydrogens (primary N) is 1. The Morgan fingerprint density at radius 3 is 2.31 bits per heavy atom. The lowest BCUT2D eigenvalue weighted by Crippen LogP contribution is -2.12. The van der Waals surface area contributed by atoms with Gasteiger partial charge >= 0.3 is 6.09 Å². The van der Waals surface area contributed by atoms with Crippen molar-refractivity contribution in [3.05, 3.63) is 35.4 Å². The molecule has 0 aliphatic heterocycles. The molecule has 0 spiro atoms. The molecule has 0 aliphatic rings. The third-order valence-electron chi connectivity index (χ3n) is 1.81. The molecule has 1 aromatic rings. The van der Waals surface area contributed by atoms with Gasteiger partial charge in [-0.1, -0.05) is 31.2 Å². The van der Waals surface area contributed by atoms with Crippen LogP contribution in [0.4, 0.5) is 4.79 Å². The molecular formula is C10H13NO2. The summed E-state index contributed by atoms with van der Waals surface area (Å²) in [5.41, 5.74) is 7.06. The Kier molecular flexibility index (Phi) is 3.31. The van der Waals surface area contributed by atoms with Gasteiger partial charge in [-0.05, 0) is 17.5 Å². The third-order valence-corrected chi connectivity index (χ3v) is 1.81. The highest BCUT2D eigenvalue weighted by Crippen LogP contribution is 2.05. The molecular weight excluding hydrogens is 166 g/mol. The number of ether oxygens (including phenoxy) is 1. The summed E-state index contributed by atoms with van der Waals surface area (Å²) < 4.78 is 4.64. The Balaban J connectivity index is 2.54. The number of hydrogen-bond donors (Lipinski definition) is 1. The SMILES string of the molecule is CCc1ccc(COC(N)=O)cc1. The van der Waals surface area contributed by atoms with Crippen LogP contribution in [0.1, 0.15) is 18.1 Å². The van der Waals surface area contributed by atoms with Gasteiger partial charge in [-0.25, -0.2) is 4.79 Å². The van der Waals surface area contributed by atoms with Gasteiger partial charge in [-0.3, -0.25) is 0 Å². The first-order valence-corrected chi connectivity index (χ1v) is 4.22. The molecule has 0 aliphatic carbocycles. The highest BCUT2D eigenvalue weighted by atomic mass is 16.5. The lowest BCUT2D eigenvalue weighted by molar-refractivity contribution is 0.150. The van der Waals surface area contributed by atoms with E-state index in [1.54, 1.807) is 0 Å². The summed E-state index contributed by atoms with van der Waals surface area (Å²) in [6.07, 6.45) is 0.274. The molecule has 2 N–H and O–H groups in total. The maximum absolute atomic E-state index is 10.3. The van der Waals surface area contributed by atoms with Gasteiger partial charge in [0.1, 0.15) is 6.61 Å². The zero-order chi connectivity index (χ0) is 9.68. The van der Waals surface area contributed by atoms with E-state index in [0.29, 0.717) is 0 Å². The average Bonchev–Trinajstić information content (AvgIpc) is 2.15. The summed E-state index contributed by atoms with van der Waals surface area (Å²) in [6.45, 7) is 2.34. The number of benzene rings is 1. The van der Waals surface area contributed by atoms with E-state index in [1.807, 2.05) is 24.3 Å². The number of hydrogen-bond acceptors (Lipinski definition) is 2. The van der Waals surface area contributed by atoms with Crippen molar-refractivity contribution in [3.8, 4) is 0 Å². The molecule has 0 saturated heterocycles. The predicted octanol–water partition coefficient (Wildman–Crippen LogP) is 1.84. The van der Waals surface area contributed by atoms with Gasteiger partial charge in [-0.15, -0.1) is 0 Å². The number of primary amides is 1. The Bertz CT molecular complexity index is 279. The predicted molar refractivity (Wildman–Crippen MR) is 50.2 cm³/mol. The summed E-state index contributed by atoms with van der Waals surface area (Å²) in [5.74, 6) is 0. The minimum atomic E-state index is -0.737. The fourth-order valence-electron chi connectivity index (χ4n) is 1.03.